The van der Waals surface area contributed by atoms with E-state index in [0.717, 1.165) is 56.1 Å². The van der Waals surface area contributed by atoms with Crippen molar-refractivity contribution in [1.82, 2.24) is 19.6 Å². The van der Waals surface area contributed by atoms with Crippen LogP contribution in [0.5, 0.6) is 0 Å². The van der Waals surface area contributed by atoms with E-state index in [-0.39, 0.29) is 6.10 Å². The normalized spacial score (nSPS) is 15.2. The molecule has 0 amide bonds. The van der Waals surface area contributed by atoms with Gasteiger partial charge in [-0.05, 0) is 31.9 Å². The molecule has 1 aliphatic heterocycles. The van der Waals surface area contributed by atoms with Gasteiger partial charge >= 0.3 is 0 Å². The number of aliphatic imine (C=N–C) groups is 1. The molecule has 0 saturated carbocycles. The summed E-state index contributed by atoms with van der Waals surface area (Å²) < 4.78 is 10.1. The lowest BCUT2D eigenvalue weighted by Crippen LogP contribution is -2.52. The molecule has 1 N–H and O–H groups in total. The number of guanidine groups is 1. The third kappa shape index (κ3) is 6.40. The molecule has 0 atom stereocenters. The minimum atomic E-state index is 0.236. The first-order valence-electron chi connectivity index (χ1n) is 10.9. The number of aromatic nitrogens is 2. The summed E-state index contributed by atoms with van der Waals surface area (Å²) >= 11 is 1.51. The summed E-state index contributed by atoms with van der Waals surface area (Å²) in [5, 5.41) is 4.49. The maximum Gasteiger partial charge on any atom is 0.205 e. The number of benzene rings is 1. The summed E-state index contributed by atoms with van der Waals surface area (Å²) in [6.45, 7) is 14.2. The van der Waals surface area contributed by atoms with Crippen molar-refractivity contribution < 1.29 is 4.74 Å². The van der Waals surface area contributed by atoms with E-state index < -0.39 is 0 Å². The van der Waals surface area contributed by atoms with Crippen LogP contribution >= 0.6 is 11.5 Å². The smallest absolute Gasteiger partial charge is 0.205 e. The Hall–Kier alpha value is -2.19. The topological polar surface area (TPSA) is 65.9 Å². The lowest BCUT2D eigenvalue weighted by atomic mass is 10.1. The fourth-order valence-electron chi connectivity index (χ4n) is 3.30. The van der Waals surface area contributed by atoms with E-state index in [1.807, 2.05) is 0 Å². The largest absolute Gasteiger partial charge is 0.374 e. The van der Waals surface area contributed by atoms with Crippen molar-refractivity contribution in [3.05, 3.63) is 41.2 Å². The summed E-state index contributed by atoms with van der Waals surface area (Å²) in [5.74, 6) is 1.92. The average Bonchev–Trinajstić information content (AvgIpc) is 3.25. The highest BCUT2D eigenvalue weighted by molar-refractivity contribution is 7.09. The Balaban J connectivity index is 1.59. The third-order valence-corrected chi connectivity index (χ3v) is 5.76. The highest BCUT2D eigenvalue weighted by Gasteiger charge is 2.22. The zero-order valence-corrected chi connectivity index (χ0v) is 19.4. The van der Waals surface area contributed by atoms with Crippen LogP contribution in [-0.2, 0) is 24.3 Å². The van der Waals surface area contributed by atoms with Crippen LogP contribution in [0.2, 0.25) is 0 Å². The van der Waals surface area contributed by atoms with Gasteiger partial charge in [0.05, 0.1) is 19.3 Å². The Morgan fingerprint density at radius 1 is 1.20 bits per heavy atom. The molecule has 7 nitrogen and oxygen atoms in total. The molecule has 1 aliphatic rings. The van der Waals surface area contributed by atoms with Gasteiger partial charge in [0.1, 0.15) is 5.82 Å². The molecule has 0 spiro atoms. The van der Waals surface area contributed by atoms with Crippen molar-refractivity contribution in [3.63, 3.8) is 0 Å². The maximum absolute atomic E-state index is 5.73. The SMILES string of the molecule is CCNC(=NCc1cccc(COC(C)C)c1)N1CCN(c2nc(CC)ns2)CC1. The van der Waals surface area contributed by atoms with Crippen molar-refractivity contribution >= 4 is 22.6 Å². The van der Waals surface area contributed by atoms with E-state index >= 15 is 0 Å². The number of hydrogen-bond acceptors (Lipinski definition) is 6. The van der Waals surface area contributed by atoms with Gasteiger partial charge in [-0.15, -0.1) is 0 Å². The summed E-state index contributed by atoms with van der Waals surface area (Å²) in [6.07, 6.45) is 1.12. The van der Waals surface area contributed by atoms with Crippen molar-refractivity contribution in [2.75, 3.05) is 37.6 Å². The van der Waals surface area contributed by atoms with E-state index in [1.165, 1.54) is 22.7 Å². The van der Waals surface area contributed by atoms with Gasteiger partial charge in [-0.3, -0.25) is 0 Å². The first-order valence-corrected chi connectivity index (χ1v) is 11.7. The molecule has 1 aromatic carbocycles. The fraction of sp³-hybridized carbons (Fsp3) is 0.591. The Morgan fingerprint density at radius 2 is 1.97 bits per heavy atom. The average molecular weight is 431 g/mol. The van der Waals surface area contributed by atoms with Crippen molar-refractivity contribution in [1.29, 1.82) is 0 Å². The quantitative estimate of drug-likeness (QED) is 0.512. The summed E-state index contributed by atoms with van der Waals surface area (Å²) in [5.41, 5.74) is 2.40. The van der Waals surface area contributed by atoms with Gasteiger partial charge in [-0.2, -0.15) is 4.37 Å². The van der Waals surface area contributed by atoms with Crippen molar-refractivity contribution in [3.8, 4) is 0 Å². The second-order valence-electron chi connectivity index (χ2n) is 7.67. The van der Waals surface area contributed by atoms with Crippen LogP contribution in [0.3, 0.4) is 0 Å². The molecule has 0 radical (unpaired) electrons. The minimum Gasteiger partial charge on any atom is -0.374 e. The number of nitrogens with zero attached hydrogens (tertiary/aromatic N) is 5. The Labute approximate surface area is 184 Å². The molecule has 0 bridgehead atoms. The van der Waals surface area contributed by atoms with Crippen LogP contribution in [-0.4, -0.2) is 59.0 Å². The van der Waals surface area contributed by atoms with E-state index in [2.05, 4.69) is 76.4 Å². The highest BCUT2D eigenvalue weighted by atomic mass is 32.1. The summed E-state index contributed by atoms with van der Waals surface area (Å²) in [6, 6.07) is 8.51. The number of ether oxygens (including phenoxy) is 1. The number of piperazine rings is 1. The zero-order valence-electron chi connectivity index (χ0n) is 18.6. The Kier molecular flexibility index (Phi) is 8.45. The molecule has 1 fully saturated rings. The van der Waals surface area contributed by atoms with Crippen LogP contribution in [0.1, 0.15) is 44.6 Å². The van der Waals surface area contributed by atoms with Gasteiger partial charge in [-0.1, -0.05) is 31.2 Å². The molecular weight excluding hydrogens is 396 g/mol. The molecule has 8 heteroatoms. The third-order valence-electron chi connectivity index (χ3n) is 4.94. The van der Waals surface area contributed by atoms with Gasteiger partial charge in [0, 0.05) is 50.7 Å². The molecule has 30 heavy (non-hydrogen) atoms. The molecule has 0 aliphatic carbocycles. The molecular formula is C22H34N6OS. The number of rotatable bonds is 8. The monoisotopic (exact) mass is 430 g/mol. The molecule has 164 valence electrons. The second kappa shape index (κ2) is 11.3. The number of hydrogen-bond donors (Lipinski definition) is 1. The highest BCUT2D eigenvalue weighted by Crippen LogP contribution is 2.19. The Bertz CT molecular complexity index is 813. The minimum absolute atomic E-state index is 0.236. The standard InChI is InChI=1S/C22H34N6OS/c1-5-20-25-22(30-26-20)28-12-10-27(11-13-28)21(23-6-2)24-15-18-8-7-9-19(14-18)16-29-17(3)4/h7-9,14,17H,5-6,10-13,15-16H2,1-4H3,(H,23,24). The second-order valence-corrected chi connectivity index (χ2v) is 8.40. The summed E-state index contributed by atoms with van der Waals surface area (Å²) in [7, 11) is 0. The predicted molar refractivity (Wildman–Crippen MR) is 124 cm³/mol. The molecule has 2 heterocycles. The van der Waals surface area contributed by atoms with E-state index in [0.29, 0.717) is 13.2 Å². The van der Waals surface area contributed by atoms with Crippen LogP contribution in [0, 0.1) is 0 Å². The van der Waals surface area contributed by atoms with E-state index in [4.69, 9.17) is 9.73 Å². The van der Waals surface area contributed by atoms with Crippen LogP contribution in [0.4, 0.5) is 5.13 Å². The van der Waals surface area contributed by atoms with Crippen LogP contribution in [0.15, 0.2) is 29.3 Å². The molecule has 1 saturated heterocycles. The van der Waals surface area contributed by atoms with Gasteiger partial charge in [-0.25, -0.2) is 9.98 Å². The van der Waals surface area contributed by atoms with E-state index in [1.54, 1.807) is 0 Å². The molecule has 0 unspecified atom stereocenters. The molecule has 3 rings (SSSR count). The van der Waals surface area contributed by atoms with Gasteiger partial charge in [0.15, 0.2) is 5.96 Å². The lowest BCUT2D eigenvalue weighted by Gasteiger charge is -2.36. The van der Waals surface area contributed by atoms with Crippen LogP contribution in [0.25, 0.3) is 0 Å². The fourth-order valence-corrected chi connectivity index (χ4v) is 4.10. The number of aryl methyl sites for hydroxylation is 1. The van der Waals surface area contributed by atoms with Crippen molar-refractivity contribution in [2.24, 2.45) is 4.99 Å². The maximum atomic E-state index is 5.73. The zero-order chi connectivity index (χ0) is 21.3. The number of anilines is 1. The molecule has 1 aromatic heterocycles. The van der Waals surface area contributed by atoms with Gasteiger partial charge in [0.2, 0.25) is 5.13 Å². The van der Waals surface area contributed by atoms with Crippen molar-refractivity contribution in [2.45, 2.75) is 53.4 Å². The number of nitrogens with one attached hydrogen (secondary N) is 1. The molecule has 2 aromatic rings. The first kappa shape index (κ1) is 22.5. The first-order chi connectivity index (χ1) is 14.6. The van der Waals surface area contributed by atoms with E-state index in [9.17, 15) is 0 Å². The Morgan fingerprint density at radius 3 is 2.63 bits per heavy atom. The predicted octanol–water partition coefficient (Wildman–Crippen LogP) is 3.31. The summed E-state index contributed by atoms with van der Waals surface area (Å²) in [4.78, 5) is 14.2. The van der Waals surface area contributed by atoms with Gasteiger partial charge < -0.3 is 19.9 Å². The van der Waals surface area contributed by atoms with Gasteiger partial charge in [0.25, 0.3) is 0 Å². The lowest BCUT2D eigenvalue weighted by molar-refractivity contribution is 0.0657. The van der Waals surface area contributed by atoms with Crippen LogP contribution < -0.4 is 10.2 Å².